The number of halogens is 1. The molecule has 2 rings (SSSR count). The van der Waals surface area contributed by atoms with E-state index in [4.69, 9.17) is 10.5 Å². The summed E-state index contributed by atoms with van der Waals surface area (Å²) in [4.78, 5) is 3.98. The van der Waals surface area contributed by atoms with E-state index in [1.54, 1.807) is 18.2 Å². The normalized spacial score (nSPS) is 10.1. The molecule has 3 nitrogen and oxygen atoms in total. The Hall–Kier alpha value is -2.10. The van der Waals surface area contributed by atoms with Gasteiger partial charge >= 0.3 is 0 Å². The van der Waals surface area contributed by atoms with Crippen LogP contribution >= 0.6 is 0 Å². The van der Waals surface area contributed by atoms with Crippen molar-refractivity contribution in [1.29, 1.82) is 0 Å². The molecular formula is C12H11FN2O. The van der Waals surface area contributed by atoms with Gasteiger partial charge in [0.25, 0.3) is 0 Å². The van der Waals surface area contributed by atoms with Crippen molar-refractivity contribution in [3.63, 3.8) is 0 Å². The lowest BCUT2D eigenvalue weighted by Gasteiger charge is -2.08. The SMILES string of the molecule is COc1ccccc1-c1ncc(N)cc1F. The summed E-state index contributed by atoms with van der Waals surface area (Å²) in [6, 6.07) is 8.37. The van der Waals surface area contributed by atoms with Crippen LogP contribution in [-0.2, 0) is 0 Å². The van der Waals surface area contributed by atoms with Gasteiger partial charge in [0.15, 0.2) is 5.82 Å². The molecule has 0 aliphatic heterocycles. The minimum absolute atomic E-state index is 0.242. The van der Waals surface area contributed by atoms with Crippen molar-refractivity contribution in [3.8, 4) is 17.0 Å². The standard InChI is InChI=1S/C12H11FN2O/c1-16-11-5-3-2-4-9(11)12-10(13)6-8(14)7-15-12/h2-7H,14H2,1H3. The zero-order chi connectivity index (χ0) is 11.5. The van der Waals surface area contributed by atoms with Crippen LogP contribution in [0.5, 0.6) is 5.75 Å². The van der Waals surface area contributed by atoms with Crippen molar-refractivity contribution >= 4 is 5.69 Å². The zero-order valence-electron chi connectivity index (χ0n) is 8.77. The molecule has 2 N–H and O–H groups in total. The summed E-state index contributed by atoms with van der Waals surface area (Å²) in [7, 11) is 1.54. The lowest BCUT2D eigenvalue weighted by atomic mass is 10.1. The Kier molecular flexibility index (Phi) is 2.72. The molecule has 1 aromatic carbocycles. The number of nitrogen functional groups attached to an aromatic ring is 1. The summed E-state index contributed by atoms with van der Waals surface area (Å²) < 4.78 is 18.8. The predicted molar refractivity (Wildman–Crippen MR) is 60.6 cm³/mol. The topological polar surface area (TPSA) is 48.1 Å². The molecule has 0 fully saturated rings. The van der Waals surface area contributed by atoms with Crippen LogP contribution in [0.2, 0.25) is 0 Å². The molecule has 16 heavy (non-hydrogen) atoms. The minimum Gasteiger partial charge on any atom is -0.496 e. The molecule has 0 atom stereocenters. The number of rotatable bonds is 2. The first-order chi connectivity index (χ1) is 7.72. The number of hydrogen-bond donors (Lipinski definition) is 1. The molecule has 1 aromatic heterocycles. The quantitative estimate of drug-likeness (QED) is 0.842. The average molecular weight is 218 g/mol. The fraction of sp³-hybridized carbons (Fsp3) is 0.0833. The molecule has 0 spiro atoms. The van der Waals surface area contributed by atoms with E-state index in [9.17, 15) is 4.39 Å². The maximum atomic E-state index is 13.7. The smallest absolute Gasteiger partial charge is 0.151 e. The molecule has 0 saturated carbocycles. The number of hydrogen-bond acceptors (Lipinski definition) is 3. The van der Waals surface area contributed by atoms with Crippen molar-refractivity contribution in [2.45, 2.75) is 0 Å². The molecule has 1 heterocycles. The van der Waals surface area contributed by atoms with Gasteiger partial charge < -0.3 is 10.5 Å². The van der Waals surface area contributed by atoms with Gasteiger partial charge in [-0.1, -0.05) is 12.1 Å². The maximum absolute atomic E-state index is 13.7. The molecular weight excluding hydrogens is 207 g/mol. The van der Waals surface area contributed by atoms with Gasteiger partial charge in [-0.3, -0.25) is 4.98 Å². The monoisotopic (exact) mass is 218 g/mol. The first-order valence-corrected chi connectivity index (χ1v) is 4.77. The Balaban J connectivity index is 2.58. The first kappa shape index (κ1) is 10.4. The molecule has 2 aromatic rings. The molecule has 0 radical (unpaired) electrons. The molecule has 82 valence electrons. The Labute approximate surface area is 92.7 Å². The third kappa shape index (κ3) is 1.82. The molecule has 0 aliphatic rings. The van der Waals surface area contributed by atoms with Gasteiger partial charge in [0.2, 0.25) is 0 Å². The summed E-state index contributed by atoms with van der Waals surface area (Å²) in [6.45, 7) is 0. The van der Waals surface area contributed by atoms with Crippen molar-refractivity contribution in [3.05, 3.63) is 42.3 Å². The largest absolute Gasteiger partial charge is 0.496 e. The summed E-state index contributed by atoms with van der Waals surface area (Å²) in [6.07, 6.45) is 1.42. The summed E-state index contributed by atoms with van der Waals surface area (Å²) in [5.74, 6) is 0.128. The number of nitrogens with two attached hydrogens (primary N) is 1. The Morgan fingerprint density at radius 3 is 2.75 bits per heavy atom. The summed E-state index contributed by atoms with van der Waals surface area (Å²) in [5.41, 5.74) is 6.60. The predicted octanol–water partition coefficient (Wildman–Crippen LogP) is 2.48. The van der Waals surface area contributed by atoms with Gasteiger partial charge in [-0.05, 0) is 12.1 Å². The van der Waals surface area contributed by atoms with E-state index in [1.807, 2.05) is 6.07 Å². The van der Waals surface area contributed by atoms with E-state index in [0.717, 1.165) is 0 Å². The number of para-hydroxylation sites is 1. The van der Waals surface area contributed by atoms with Gasteiger partial charge in [0.1, 0.15) is 11.4 Å². The van der Waals surface area contributed by atoms with E-state index in [2.05, 4.69) is 4.98 Å². The third-order valence-electron chi connectivity index (χ3n) is 2.22. The van der Waals surface area contributed by atoms with Crippen LogP contribution in [0.4, 0.5) is 10.1 Å². The highest BCUT2D eigenvalue weighted by atomic mass is 19.1. The first-order valence-electron chi connectivity index (χ1n) is 4.77. The number of pyridine rings is 1. The van der Waals surface area contributed by atoms with E-state index < -0.39 is 5.82 Å². The van der Waals surface area contributed by atoms with Crippen LogP contribution in [0.15, 0.2) is 36.5 Å². The van der Waals surface area contributed by atoms with E-state index in [1.165, 1.54) is 19.4 Å². The molecule has 0 amide bonds. The van der Waals surface area contributed by atoms with E-state index in [-0.39, 0.29) is 5.69 Å². The summed E-state index contributed by atoms with van der Waals surface area (Å²) >= 11 is 0. The second kappa shape index (κ2) is 4.18. The minimum atomic E-state index is -0.454. The number of ether oxygens (including phenoxy) is 1. The third-order valence-corrected chi connectivity index (χ3v) is 2.22. The second-order valence-electron chi connectivity index (χ2n) is 3.30. The highest BCUT2D eigenvalue weighted by Gasteiger charge is 2.11. The van der Waals surface area contributed by atoms with Gasteiger partial charge in [0.05, 0.1) is 19.0 Å². The molecule has 0 bridgehead atoms. The van der Waals surface area contributed by atoms with Crippen molar-refractivity contribution in [2.75, 3.05) is 12.8 Å². The second-order valence-corrected chi connectivity index (χ2v) is 3.30. The van der Waals surface area contributed by atoms with Crippen LogP contribution in [0.25, 0.3) is 11.3 Å². The molecule has 0 saturated heterocycles. The maximum Gasteiger partial charge on any atom is 0.151 e. The molecule has 0 aliphatic carbocycles. The fourth-order valence-electron chi connectivity index (χ4n) is 1.49. The van der Waals surface area contributed by atoms with Crippen LogP contribution in [0.3, 0.4) is 0 Å². The lowest BCUT2D eigenvalue weighted by molar-refractivity contribution is 0.416. The number of benzene rings is 1. The fourth-order valence-corrected chi connectivity index (χ4v) is 1.49. The number of anilines is 1. The Morgan fingerprint density at radius 2 is 2.06 bits per heavy atom. The molecule has 4 heteroatoms. The van der Waals surface area contributed by atoms with Gasteiger partial charge in [0, 0.05) is 11.6 Å². The number of nitrogens with zero attached hydrogens (tertiary/aromatic N) is 1. The Morgan fingerprint density at radius 1 is 1.31 bits per heavy atom. The van der Waals surface area contributed by atoms with Crippen LogP contribution < -0.4 is 10.5 Å². The van der Waals surface area contributed by atoms with Gasteiger partial charge in [-0.25, -0.2) is 4.39 Å². The van der Waals surface area contributed by atoms with Gasteiger partial charge in [-0.15, -0.1) is 0 Å². The van der Waals surface area contributed by atoms with E-state index >= 15 is 0 Å². The van der Waals surface area contributed by atoms with Crippen LogP contribution in [-0.4, -0.2) is 12.1 Å². The Bertz CT molecular complexity index is 514. The van der Waals surface area contributed by atoms with E-state index in [0.29, 0.717) is 17.0 Å². The highest BCUT2D eigenvalue weighted by molar-refractivity contribution is 5.68. The highest BCUT2D eigenvalue weighted by Crippen LogP contribution is 2.30. The van der Waals surface area contributed by atoms with Crippen molar-refractivity contribution in [1.82, 2.24) is 4.98 Å². The van der Waals surface area contributed by atoms with Gasteiger partial charge in [-0.2, -0.15) is 0 Å². The number of methoxy groups -OCH3 is 1. The molecule has 0 unspecified atom stereocenters. The van der Waals surface area contributed by atoms with Crippen molar-refractivity contribution < 1.29 is 9.13 Å². The summed E-state index contributed by atoms with van der Waals surface area (Å²) in [5, 5.41) is 0. The average Bonchev–Trinajstić information content (AvgIpc) is 2.29. The van der Waals surface area contributed by atoms with Crippen LogP contribution in [0.1, 0.15) is 0 Å². The van der Waals surface area contributed by atoms with Crippen LogP contribution in [0, 0.1) is 5.82 Å². The van der Waals surface area contributed by atoms with Crippen molar-refractivity contribution in [2.24, 2.45) is 0 Å². The zero-order valence-corrected chi connectivity index (χ0v) is 8.77. The lowest BCUT2D eigenvalue weighted by Crippen LogP contribution is -1.95. The number of aromatic nitrogens is 1.